The van der Waals surface area contributed by atoms with E-state index < -0.39 is 10.0 Å². The molecule has 3 aromatic carbocycles. The second-order valence-electron chi connectivity index (χ2n) is 6.53. The molecular weight excluding hydrogens is 408 g/mol. The molecule has 3 rings (SSSR count). The molecular formula is C22H21ClN2O3S. The lowest BCUT2D eigenvalue weighted by Crippen LogP contribution is -2.26. The molecule has 0 atom stereocenters. The molecule has 0 aliphatic rings. The van der Waals surface area contributed by atoms with Gasteiger partial charge in [-0.1, -0.05) is 54.1 Å². The molecule has 3 aromatic rings. The van der Waals surface area contributed by atoms with Gasteiger partial charge >= 0.3 is 0 Å². The van der Waals surface area contributed by atoms with E-state index in [1.165, 1.54) is 23.5 Å². The van der Waals surface area contributed by atoms with Crippen molar-refractivity contribution in [3.8, 4) is 0 Å². The largest absolute Gasteiger partial charge is 0.352 e. The van der Waals surface area contributed by atoms with Crippen molar-refractivity contribution >= 4 is 33.2 Å². The summed E-state index contributed by atoms with van der Waals surface area (Å²) in [5, 5.41) is 3.35. The summed E-state index contributed by atoms with van der Waals surface area (Å²) < 4.78 is 26.7. The predicted molar refractivity (Wildman–Crippen MR) is 115 cm³/mol. The number of carbonyl (C=O) groups is 1. The molecule has 150 valence electrons. The van der Waals surface area contributed by atoms with Gasteiger partial charge in [0.1, 0.15) is 0 Å². The third kappa shape index (κ3) is 5.37. The molecule has 0 fully saturated rings. The fraction of sp³-hybridized carbons (Fsp3) is 0.136. The number of hydrogen-bond acceptors (Lipinski definition) is 3. The van der Waals surface area contributed by atoms with Gasteiger partial charge in [-0.25, -0.2) is 8.42 Å². The lowest BCUT2D eigenvalue weighted by molar-refractivity contribution is -0.120. The average Bonchev–Trinajstić information content (AvgIpc) is 2.73. The van der Waals surface area contributed by atoms with Crippen molar-refractivity contribution in [3.63, 3.8) is 0 Å². The summed E-state index contributed by atoms with van der Waals surface area (Å²) in [6.07, 6.45) is 0.223. The van der Waals surface area contributed by atoms with Gasteiger partial charge in [-0.3, -0.25) is 9.10 Å². The second kappa shape index (κ2) is 9.11. The van der Waals surface area contributed by atoms with Crippen LogP contribution in [0.15, 0.2) is 83.8 Å². The van der Waals surface area contributed by atoms with Crippen molar-refractivity contribution in [2.75, 3.05) is 11.4 Å². The number of benzene rings is 3. The van der Waals surface area contributed by atoms with Crippen LogP contribution in [0.3, 0.4) is 0 Å². The highest BCUT2D eigenvalue weighted by molar-refractivity contribution is 7.92. The third-order valence-electron chi connectivity index (χ3n) is 4.47. The first-order valence-corrected chi connectivity index (χ1v) is 10.8. The lowest BCUT2D eigenvalue weighted by atomic mass is 10.1. The zero-order chi connectivity index (χ0) is 20.9. The van der Waals surface area contributed by atoms with E-state index in [1.807, 2.05) is 30.3 Å². The molecule has 0 aliphatic carbocycles. The van der Waals surface area contributed by atoms with Crippen LogP contribution < -0.4 is 9.62 Å². The fourth-order valence-electron chi connectivity index (χ4n) is 2.77. The SMILES string of the molecule is CN(c1ccc(CC(=O)NCc2ccccc2)cc1)S(=O)(=O)c1ccc(Cl)cc1. The molecule has 0 saturated heterocycles. The van der Waals surface area contributed by atoms with E-state index >= 15 is 0 Å². The molecule has 1 N–H and O–H groups in total. The van der Waals surface area contributed by atoms with Crippen LogP contribution in [0, 0.1) is 0 Å². The Morgan fingerprint density at radius 3 is 2.14 bits per heavy atom. The average molecular weight is 429 g/mol. The van der Waals surface area contributed by atoms with Gasteiger partial charge in [-0.15, -0.1) is 0 Å². The van der Waals surface area contributed by atoms with Crippen molar-refractivity contribution in [1.82, 2.24) is 5.32 Å². The van der Waals surface area contributed by atoms with Crippen LogP contribution in [0.2, 0.25) is 5.02 Å². The zero-order valence-electron chi connectivity index (χ0n) is 15.9. The van der Waals surface area contributed by atoms with Crippen LogP contribution in [0.25, 0.3) is 0 Å². The van der Waals surface area contributed by atoms with Crippen LogP contribution in [0.4, 0.5) is 5.69 Å². The van der Waals surface area contributed by atoms with E-state index in [0.717, 1.165) is 11.1 Å². The van der Waals surface area contributed by atoms with E-state index in [1.54, 1.807) is 36.4 Å². The van der Waals surface area contributed by atoms with Gasteiger partial charge < -0.3 is 5.32 Å². The van der Waals surface area contributed by atoms with Gasteiger partial charge in [0, 0.05) is 18.6 Å². The normalized spacial score (nSPS) is 11.1. The van der Waals surface area contributed by atoms with Crippen molar-refractivity contribution in [2.24, 2.45) is 0 Å². The molecule has 7 heteroatoms. The van der Waals surface area contributed by atoms with Crippen LogP contribution in [0.5, 0.6) is 0 Å². The molecule has 0 heterocycles. The summed E-state index contributed by atoms with van der Waals surface area (Å²) in [4.78, 5) is 12.3. The van der Waals surface area contributed by atoms with Gasteiger partial charge in [0.25, 0.3) is 10.0 Å². The zero-order valence-corrected chi connectivity index (χ0v) is 17.5. The van der Waals surface area contributed by atoms with Gasteiger partial charge in [-0.2, -0.15) is 0 Å². The highest BCUT2D eigenvalue weighted by atomic mass is 35.5. The molecule has 1 amide bonds. The first-order valence-electron chi connectivity index (χ1n) is 9.00. The summed E-state index contributed by atoms with van der Waals surface area (Å²) in [7, 11) is -2.20. The van der Waals surface area contributed by atoms with Crippen LogP contribution in [-0.2, 0) is 27.8 Å². The number of sulfonamides is 1. The van der Waals surface area contributed by atoms with Crippen LogP contribution in [0.1, 0.15) is 11.1 Å². The van der Waals surface area contributed by atoms with Gasteiger partial charge in [0.05, 0.1) is 17.0 Å². The second-order valence-corrected chi connectivity index (χ2v) is 8.94. The fourth-order valence-corrected chi connectivity index (χ4v) is 4.09. The Kier molecular flexibility index (Phi) is 6.56. The summed E-state index contributed by atoms with van der Waals surface area (Å²) in [5.41, 5.74) is 2.34. The number of halogens is 1. The van der Waals surface area contributed by atoms with E-state index in [2.05, 4.69) is 5.32 Å². The van der Waals surface area contributed by atoms with Gasteiger partial charge in [0.15, 0.2) is 0 Å². The van der Waals surface area contributed by atoms with Crippen LogP contribution >= 0.6 is 11.6 Å². The summed E-state index contributed by atoms with van der Waals surface area (Å²) >= 11 is 5.83. The predicted octanol–water partition coefficient (Wildman–Crippen LogP) is 4.02. The number of carbonyl (C=O) groups excluding carboxylic acids is 1. The minimum atomic E-state index is -3.69. The minimum Gasteiger partial charge on any atom is -0.352 e. The van der Waals surface area contributed by atoms with Crippen molar-refractivity contribution in [1.29, 1.82) is 0 Å². The number of nitrogens with one attached hydrogen (secondary N) is 1. The summed E-state index contributed by atoms with van der Waals surface area (Å²) in [6.45, 7) is 0.472. The molecule has 0 spiro atoms. The molecule has 0 bridgehead atoms. The number of amides is 1. The third-order valence-corrected chi connectivity index (χ3v) is 6.52. The molecule has 29 heavy (non-hydrogen) atoms. The monoisotopic (exact) mass is 428 g/mol. The topological polar surface area (TPSA) is 66.5 Å². The summed E-state index contributed by atoms with van der Waals surface area (Å²) in [5.74, 6) is -0.0938. The number of hydrogen-bond donors (Lipinski definition) is 1. The maximum atomic E-state index is 12.7. The highest BCUT2D eigenvalue weighted by Gasteiger charge is 2.21. The molecule has 0 aliphatic heterocycles. The van der Waals surface area contributed by atoms with Crippen LogP contribution in [-0.4, -0.2) is 21.4 Å². The van der Waals surface area contributed by atoms with Gasteiger partial charge in [-0.05, 0) is 47.5 Å². The number of nitrogens with zero attached hydrogens (tertiary/aromatic N) is 1. The molecule has 0 aromatic heterocycles. The molecule has 0 radical (unpaired) electrons. The Bertz CT molecular complexity index is 1070. The Morgan fingerprint density at radius 2 is 1.52 bits per heavy atom. The van der Waals surface area contributed by atoms with Gasteiger partial charge in [0.2, 0.25) is 5.91 Å². The van der Waals surface area contributed by atoms with E-state index in [4.69, 9.17) is 11.6 Å². The summed E-state index contributed by atoms with van der Waals surface area (Å²) in [6, 6.07) is 22.6. The smallest absolute Gasteiger partial charge is 0.264 e. The maximum Gasteiger partial charge on any atom is 0.264 e. The lowest BCUT2D eigenvalue weighted by Gasteiger charge is -2.20. The highest BCUT2D eigenvalue weighted by Crippen LogP contribution is 2.23. The quantitative estimate of drug-likeness (QED) is 0.618. The Morgan fingerprint density at radius 1 is 0.897 bits per heavy atom. The van der Waals surface area contributed by atoms with E-state index in [-0.39, 0.29) is 17.2 Å². The Hall–Kier alpha value is -2.83. The first kappa shape index (κ1) is 20.9. The number of rotatable bonds is 7. The Labute approximate surface area is 176 Å². The molecule has 0 saturated carbocycles. The first-order chi connectivity index (χ1) is 13.9. The van der Waals surface area contributed by atoms with E-state index in [9.17, 15) is 13.2 Å². The maximum absolute atomic E-state index is 12.7. The number of anilines is 1. The Balaban J connectivity index is 1.63. The standard InChI is InChI=1S/C22H21ClN2O3S/c1-25(29(27,28)21-13-9-19(23)10-14-21)20-11-7-17(8-12-20)15-22(26)24-16-18-5-3-2-4-6-18/h2-14H,15-16H2,1H3,(H,24,26). The van der Waals surface area contributed by atoms with Crippen molar-refractivity contribution in [2.45, 2.75) is 17.9 Å². The van der Waals surface area contributed by atoms with Crippen molar-refractivity contribution in [3.05, 3.63) is 95.0 Å². The molecule has 5 nitrogen and oxygen atoms in total. The van der Waals surface area contributed by atoms with Crippen molar-refractivity contribution < 1.29 is 13.2 Å². The minimum absolute atomic E-state index is 0.0938. The molecule has 0 unspecified atom stereocenters. The van der Waals surface area contributed by atoms with E-state index in [0.29, 0.717) is 17.3 Å².